The van der Waals surface area contributed by atoms with Gasteiger partial charge in [-0.1, -0.05) is 6.07 Å². The van der Waals surface area contributed by atoms with E-state index in [4.69, 9.17) is 5.41 Å². The summed E-state index contributed by atoms with van der Waals surface area (Å²) in [6.07, 6.45) is 1.55. The van der Waals surface area contributed by atoms with Gasteiger partial charge in [-0.15, -0.1) is 0 Å². The summed E-state index contributed by atoms with van der Waals surface area (Å²) >= 11 is 0. The molecular weight excluding hydrogens is 529 g/mol. The molecule has 5 rings (SSSR count). The zero-order valence-corrected chi connectivity index (χ0v) is 21.7. The monoisotopic (exact) mass is 555 g/mol. The molecule has 208 valence electrons. The number of carbonyl (C=O) groups is 1. The third kappa shape index (κ3) is 5.54. The highest BCUT2D eigenvalue weighted by Gasteiger charge is 2.37. The van der Waals surface area contributed by atoms with Crippen LogP contribution in [0, 0.1) is 29.9 Å². The molecule has 0 saturated heterocycles. The van der Waals surface area contributed by atoms with Gasteiger partial charge in [0.1, 0.15) is 11.6 Å². The second-order valence-electron chi connectivity index (χ2n) is 10.1. The van der Waals surface area contributed by atoms with Crippen LogP contribution in [-0.4, -0.2) is 20.0 Å². The summed E-state index contributed by atoms with van der Waals surface area (Å²) in [6, 6.07) is 7.60. The van der Waals surface area contributed by atoms with Crippen LogP contribution in [0.3, 0.4) is 0 Å². The Bertz CT molecular complexity index is 1650. The lowest BCUT2D eigenvalue weighted by Crippen LogP contribution is -2.31. The SMILES string of the molecule is Cc1ccnc([C@@H](NC(=O)c2cc(Cn3ccn(C)c3=N)cc(-c3ccc(F)cc3C(F)(F)F)c2F)C2CC2)c1. The zero-order valence-electron chi connectivity index (χ0n) is 21.7. The molecule has 0 radical (unpaired) electrons. The first kappa shape index (κ1) is 27.3. The van der Waals surface area contributed by atoms with Crippen LogP contribution in [0.15, 0.2) is 61.1 Å². The van der Waals surface area contributed by atoms with Crippen molar-refractivity contribution in [2.45, 2.75) is 38.5 Å². The summed E-state index contributed by atoms with van der Waals surface area (Å²) < 4.78 is 74.6. The van der Waals surface area contributed by atoms with Crippen molar-refractivity contribution < 1.29 is 26.7 Å². The molecule has 1 atom stereocenters. The van der Waals surface area contributed by atoms with Crippen molar-refractivity contribution in [1.29, 1.82) is 5.41 Å². The van der Waals surface area contributed by atoms with Gasteiger partial charge in [0, 0.05) is 31.2 Å². The fourth-order valence-corrected chi connectivity index (χ4v) is 4.78. The predicted molar refractivity (Wildman–Crippen MR) is 137 cm³/mol. The predicted octanol–water partition coefficient (Wildman–Crippen LogP) is 5.90. The number of hydrogen-bond donors (Lipinski definition) is 2. The largest absolute Gasteiger partial charge is 0.417 e. The first-order valence-corrected chi connectivity index (χ1v) is 12.6. The minimum absolute atomic E-state index is 0.0126. The summed E-state index contributed by atoms with van der Waals surface area (Å²) in [6.45, 7) is 1.87. The van der Waals surface area contributed by atoms with E-state index in [-0.39, 0.29) is 18.1 Å². The van der Waals surface area contributed by atoms with E-state index in [0.717, 1.165) is 30.5 Å². The topological polar surface area (TPSA) is 75.7 Å². The Morgan fingerprint density at radius 1 is 1.10 bits per heavy atom. The average Bonchev–Trinajstić information content (AvgIpc) is 3.69. The van der Waals surface area contributed by atoms with Gasteiger partial charge in [0.15, 0.2) is 0 Å². The number of alkyl halides is 3. The third-order valence-electron chi connectivity index (χ3n) is 7.02. The number of benzene rings is 2. The standard InChI is InChI=1S/C29H26F5N5O/c1-16-7-8-36-24(11-16)26(18-3-4-18)37-27(40)22-13-17(15-39-10-9-38(2)28(39)35)12-21(25(22)31)20-6-5-19(30)14-23(20)29(32,33)34/h5-14,18,26,35H,3-4,15H2,1-2H3,(H,37,40)/t26-/m0/s1. The number of carbonyl (C=O) groups excluding carboxylic acids is 1. The molecule has 0 aliphatic heterocycles. The van der Waals surface area contributed by atoms with E-state index in [1.54, 1.807) is 25.6 Å². The maximum Gasteiger partial charge on any atom is 0.417 e. The van der Waals surface area contributed by atoms with Crippen molar-refractivity contribution >= 4 is 5.91 Å². The summed E-state index contributed by atoms with van der Waals surface area (Å²) in [4.78, 5) is 17.9. The summed E-state index contributed by atoms with van der Waals surface area (Å²) in [7, 11) is 1.65. The van der Waals surface area contributed by atoms with Gasteiger partial charge in [0.05, 0.1) is 29.4 Å². The molecular formula is C29H26F5N5O. The summed E-state index contributed by atoms with van der Waals surface area (Å²) in [5.74, 6) is -2.99. The summed E-state index contributed by atoms with van der Waals surface area (Å²) in [5.41, 5.74) is -0.962. The Kier molecular flexibility index (Phi) is 7.07. The Morgan fingerprint density at radius 2 is 1.85 bits per heavy atom. The van der Waals surface area contributed by atoms with Crippen LogP contribution < -0.4 is 10.9 Å². The number of imidazole rings is 1. The van der Waals surface area contributed by atoms with Gasteiger partial charge in [-0.05, 0) is 78.8 Å². The molecule has 2 aromatic carbocycles. The van der Waals surface area contributed by atoms with Crippen molar-refractivity contribution in [3.8, 4) is 11.1 Å². The molecule has 0 unspecified atom stereocenters. The number of rotatable bonds is 7. The molecule has 1 fully saturated rings. The van der Waals surface area contributed by atoms with Crippen LogP contribution >= 0.6 is 0 Å². The minimum Gasteiger partial charge on any atom is -0.343 e. The van der Waals surface area contributed by atoms with Crippen LogP contribution in [0.5, 0.6) is 0 Å². The van der Waals surface area contributed by atoms with Gasteiger partial charge in [0.2, 0.25) is 5.62 Å². The molecule has 2 aromatic heterocycles. The van der Waals surface area contributed by atoms with E-state index in [1.807, 2.05) is 19.1 Å². The van der Waals surface area contributed by atoms with Gasteiger partial charge < -0.3 is 14.5 Å². The fraction of sp³-hybridized carbons (Fsp3) is 0.276. The van der Waals surface area contributed by atoms with Gasteiger partial charge in [0.25, 0.3) is 5.91 Å². The molecule has 40 heavy (non-hydrogen) atoms. The van der Waals surface area contributed by atoms with E-state index >= 15 is 4.39 Å². The van der Waals surface area contributed by atoms with Crippen LogP contribution in [-0.2, 0) is 19.8 Å². The number of amides is 1. The van der Waals surface area contributed by atoms with Gasteiger partial charge >= 0.3 is 6.18 Å². The van der Waals surface area contributed by atoms with E-state index in [9.17, 15) is 22.4 Å². The van der Waals surface area contributed by atoms with E-state index < -0.39 is 52.0 Å². The van der Waals surface area contributed by atoms with Gasteiger partial charge in [-0.25, -0.2) is 8.78 Å². The zero-order chi connectivity index (χ0) is 28.8. The van der Waals surface area contributed by atoms with E-state index in [1.165, 1.54) is 21.3 Å². The quantitative estimate of drug-likeness (QED) is 0.279. The Labute approximate surface area is 226 Å². The second kappa shape index (κ2) is 10.4. The van der Waals surface area contributed by atoms with Crippen LogP contribution in [0.1, 0.15) is 51.6 Å². The van der Waals surface area contributed by atoms with Crippen molar-refractivity contribution in [3.05, 3.63) is 106 Å². The lowest BCUT2D eigenvalue weighted by Gasteiger charge is -2.20. The molecule has 2 N–H and O–H groups in total. The molecule has 6 nitrogen and oxygen atoms in total. The van der Waals surface area contributed by atoms with E-state index in [0.29, 0.717) is 17.3 Å². The smallest absolute Gasteiger partial charge is 0.343 e. The molecule has 0 spiro atoms. The normalized spacial score (nSPS) is 14.3. The molecule has 2 heterocycles. The number of nitrogens with one attached hydrogen (secondary N) is 2. The molecule has 11 heteroatoms. The van der Waals surface area contributed by atoms with Crippen molar-refractivity contribution in [3.63, 3.8) is 0 Å². The number of nitrogens with zero attached hydrogens (tertiary/aromatic N) is 3. The molecule has 1 saturated carbocycles. The average molecular weight is 556 g/mol. The number of pyridine rings is 1. The van der Waals surface area contributed by atoms with Crippen LogP contribution in [0.25, 0.3) is 11.1 Å². The highest BCUT2D eigenvalue weighted by molar-refractivity contribution is 5.96. The molecule has 4 aromatic rings. The fourth-order valence-electron chi connectivity index (χ4n) is 4.78. The third-order valence-corrected chi connectivity index (χ3v) is 7.02. The number of halogens is 5. The highest BCUT2D eigenvalue weighted by Crippen LogP contribution is 2.42. The maximum atomic E-state index is 16.0. The molecule has 1 aliphatic rings. The molecule has 1 amide bonds. The second-order valence-corrected chi connectivity index (χ2v) is 10.1. The van der Waals surface area contributed by atoms with Gasteiger partial charge in [-0.2, -0.15) is 13.2 Å². The first-order chi connectivity index (χ1) is 18.9. The lowest BCUT2D eigenvalue weighted by atomic mass is 9.94. The van der Waals surface area contributed by atoms with Crippen molar-refractivity contribution in [2.24, 2.45) is 13.0 Å². The molecule has 1 aliphatic carbocycles. The number of aryl methyl sites for hydroxylation is 2. The maximum absolute atomic E-state index is 16.0. The first-order valence-electron chi connectivity index (χ1n) is 12.6. The Morgan fingerprint density at radius 3 is 2.48 bits per heavy atom. The minimum atomic E-state index is -4.97. The Hall–Kier alpha value is -4.28. The van der Waals surface area contributed by atoms with Crippen LogP contribution in [0.2, 0.25) is 0 Å². The van der Waals surface area contributed by atoms with Crippen molar-refractivity contribution in [2.75, 3.05) is 0 Å². The summed E-state index contributed by atoms with van der Waals surface area (Å²) in [5, 5.41) is 11.0. The number of hydrogen-bond acceptors (Lipinski definition) is 3. The van der Waals surface area contributed by atoms with Crippen LogP contribution in [0.4, 0.5) is 22.0 Å². The Balaban J connectivity index is 1.62. The highest BCUT2D eigenvalue weighted by atomic mass is 19.4. The van der Waals surface area contributed by atoms with Gasteiger partial charge in [-0.3, -0.25) is 15.2 Å². The van der Waals surface area contributed by atoms with E-state index in [2.05, 4.69) is 10.3 Å². The number of aromatic nitrogens is 3. The molecule has 0 bridgehead atoms. The van der Waals surface area contributed by atoms with Crippen molar-refractivity contribution in [1.82, 2.24) is 19.4 Å². The lowest BCUT2D eigenvalue weighted by molar-refractivity contribution is -0.137.